The van der Waals surface area contributed by atoms with Gasteiger partial charge in [-0.1, -0.05) is 30.3 Å². The number of likely N-dealkylation sites (N-methyl/N-ethyl adjacent to an activating group) is 1. The number of hydrogen-bond donors (Lipinski definition) is 0. The van der Waals surface area contributed by atoms with Crippen molar-refractivity contribution >= 4 is 34.3 Å². The van der Waals surface area contributed by atoms with E-state index in [9.17, 15) is 4.79 Å². The van der Waals surface area contributed by atoms with Crippen LogP contribution in [0.15, 0.2) is 67.0 Å². The monoisotopic (exact) mass is 642 g/mol. The molecular weight excluding hydrogens is 600 g/mol. The summed E-state index contributed by atoms with van der Waals surface area (Å²) in [6, 6.07) is 17.2. The molecule has 48 heavy (non-hydrogen) atoms. The largest absolute Gasteiger partial charge is 0.462 e. The van der Waals surface area contributed by atoms with Gasteiger partial charge in [-0.15, -0.1) is 0 Å². The molecule has 10 heteroatoms. The molecule has 0 radical (unpaired) electrons. The van der Waals surface area contributed by atoms with Crippen molar-refractivity contribution in [1.82, 2.24) is 24.8 Å². The second-order valence-corrected chi connectivity index (χ2v) is 13.1. The summed E-state index contributed by atoms with van der Waals surface area (Å²) in [6.45, 7) is 14.8. The van der Waals surface area contributed by atoms with Gasteiger partial charge in [-0.2, -0.15) is 9.97 Å². The van der Waals surface area contributed by atoms with E-state index in [1.807, 2.05) is 17.0 Å². The highest BCUT2D eigenvalue weighted by molar-refractivity contribution is 5.97. The van der Waals surface area contributed by atoms with E-state index in [2.05, 4.69) is 74.9 Å². The Morgan fingerprint density at radius 2 is 1.85 bits per heavy atom. The fraction of sp³-hybridized carbons (Fsp3) is 0.395. The molecule has 2 aromatic carbocycles. The van der Waals surface area contributed by atoms with Gasteiger partial charge in [-0.25, -0.2) is 6.57 Å². The number of ether oxygens (including phenoxy) is 1. The molecule has 4 aromatic rings. The Labute approximate surface area is 282 Å². The summed E-state index contributed by atoms with van der Waals surface area (Å²) in [4.78, 5) is 40.1. The highest BCUT2D eigenvalue weighted by atomic mass is 16.5. The Bertz CT molecular complexity index is 1850. The standard InChI is InChI=1S/C38H42N8O2/c1-27-7-4-8-29-9-5-11-34(36(27)29)44-20-16-32-33(25-44)41-38(48-26-30-10-6-19-43(30)3)42-37(32)45-21-22-46(31(24-45)23-39-2)35(47)13-12-28-14-17-40-18-15-28/h4-5,7-9,11-15,17-18,30-31H,6,10,16,19-26H2,1,3H3/b13-12+/t30-,31-/m0/s1. The molecule has 2 aromatic heterocycles. The minimum absolute atomic E-state index is 0.0874. The van der Waals surface area contributed by atoms with Crippen molar-refractivity contribution in [3.8, 4) is 6.01 Å². The minimum atomic E-state index is -0.258. The first-order valence-electron chi connectivity index (χ1n) is 16.9. The third kappa shape index (κ3) is 6.56. The SMILES string of the molecule is [C-]#[N+]C[C@H]1CN(c2nc(OC[C@@H]3CCCN3C)nc3c2CCN(c2cccc4cccc(C)c24)C3)CCN1C(=O)/C=C/c1ccncc1. The Hall–Kier alpha value is -5.01. The van der Waals surface area contributed by atoms with E-state index in [1.165, 1.54) is 28.4 Å². The van der Waals surface area contributed by atoms with Crippen LogP contribution in [0.5, 0.6) is 6.01 Å². The van der Waals surface area contributed by atoms with Gasteiger partial charge in [0.2, 0.25) is 12.5 Å². The highest BCUT2D eigenvalue weighted by Crippen LogP contribution is 2.36. The van der Waals surface area contributed by atoms with Crippen molar-refractivity contribution in [1.29, 1.82) is 0 Å². The lowest BCUT2D eigenvalue weighted by Gasteiger charge is -2.41. The zero-order chi connectivity index (χ0) is 33.0. The lowest BCUT2D eigenvalue weighted by molar-refractivity contribution is -0.128. The third-order valence-electron chi connectivity index (χ3n) is 10.0. The summed E-state index contributed by atoms with van der Waals surface area (Å²) in [5, 5.41) is 2.51. The molecule has 7 rings (SSSR count). The van der Waals surface area contributed by atoms with Crippen LogP contribution >= 0.6 is 0 Å². The molecule has 2 atom stereocenters. The van der Waals surface area contributed by atoms with Crippen molar-refractivity contribution in [2.24, 2.45) is 0 Å². The van der Waals surface area contributed by atoms with Crippen LogP contribution in [0, 0.1) is 13.5 Å². The summed E-state index contributed by atoms with van der Waals surface area (Å²) >= 11 is 0. The molecule has 5 heterocycles. The van der Waals surface area contributed by atoms with Crippen LogP contribution < -0.4 is 14.5 Å². The number of piperazine rings is 1. The summed E-state index contributed by atoms with van der Waals surface area (Å²) in [7, 11) is 2.15. The Kier molecular flexibility index (Phi) is 9.21. The molecule has 2 saturated heterocycles. The van der Waals surface area contributed by atoms with Crippen molar-refractivity contribution in [3.63, 3.8) is 0 Å². The van der Waals surface area contributed by atoms with Crippen LogP contribution in [0.2, 0.25) is 0 Å². The summed E-state index contributed by atoms with van der Waals surface area (Å²) in [5.41, 5.74) is 5.50. The predicted molar refractivity (Wildman–Crippen MR) is 189 cm³/mol. The number of likely N-dealkylation sites (tertiary alicyclic amines) is 1. The van der Waals surface area contributed by atoms with E-state index in [1.54, 1.807) is 24.5 Å². The molecular formula is C38H42N8O2. The number of rotatable bonds is 8. The fourth-order valence-electron chi connectivity index (χ4n) is 7.39. The van der Waals surface area contributed by atoms with Gasteiger partial charge in [0, 0.05) is 67.3 Å². The fourth-order valence-corrected chi connectivity index (χ4v) is 7.39. The smallest absolute Gasteiger partial charge is 0.318 e. The Morgan fingerprint density at radius 3 is 2.65 bits per heavy atom. The number of carbonyl (C=O) groups is 1. The number of aromatic nitrogens is 3. The molecule has 0 unspecified atom stereocenters. The van der Waals surface area contributed by atoms with Crippen LogP contribution in [-0.2, 0) is 17.8 Å². The van der Waals surface area contributed by atoms with E-state index >= 15 is 0 Å². The maximum absolute atomic E-state index is 13.4. The van der Waals surface area contributed by atoms with Crippen molar-refractivity contribution in [2.45, 2.75) is 44.8 Å². The zero-order valence-corrected chi connectivity index (χ0v) is 27.8. The van der Waals surface area contributed by atoms with Gasteiger partial charge in [0.25, 0.3) is 0 Å². The second kappa shape index (κ2) is 14.0. The van der Waals surface area contributed by atoms with Gasteiger partial charge in [0.05, 0.1) is 12.2 Å². The van der Waals surface area contributed by atoms with Crippen molar-refractivity contribution in [2.75, 3.05) is 62.7 Å². The molecule has 3 aliphatic rings. The van der Waals surface area contributed by atoms with Gasteiger partial charge >= 0.3 is 6.01 Å². The minimum Gasteiger partial charge on any atom is -0.462 e. The van der Waals surface area contributed by atoms with Crippen molar-refractivity contribution < 1.29 is 9.53 Å². The third-order valence-corrected chi connectivity index (χ3v) is 10.0. The number of anilines is 2. The number of carbonyl (C=O) groups excluding carboxylic acids is 1. The number of pyridine rings is 1. The van der Waals surface area contributed by atoms with E-state index in [0.29, 0.717) is 44.8 Å². The average Bonchev–Trinajstić information content (AvgIpc) is 3.53. The highest BCUT2D eigenvalue weighted by Gasteiger charge is 2.35. The van der Waals surface area contributed by atoms with Crippen molar-refractivity contribution in [3.05, 3.63) is 101 Å². The first-order chi connectivity index (χ1) is 23.5. The number of aryl methyl sites for hydroxylation is 1. The molecule has 0 spiro atoms. The molecule has 10 nitrogen and oxygen atoms in total. The van der Waals surface area contributed by atoms with Gasteiger partial charge in [0.1, 0.15) is 18.5 Å². The topological polar surface area (TPSA) is 82.3 Å². The molecule has 0 N–H and O–H groups in total. The van der Waals surface area contributed by atoms with E-state index in [-0.39, 0.29) is 18.5 Å². The molecule has 3 aliphatic heterocycles. The summed E-state index contributed by atoms with van der Waals surface area (Å²) in [5.74, 6) is 0.786. The van der Waals surface area contributed by atoms with E-state index < -0.39 is 0 Å². The van der Waals surface area contributed by atoms with E-state index in [0.717, 1.165) is 48.6 Å². The van der Waals surface area contributed by atoms with Crippen LogP contribution in [0.25, 0.3) is 21.7 Å². The zero-order valence-electron chi connectivity index (χ0n) is 27.8. The van der Waals surface area contributed by atoms with Crippen LogP contribution in [0.3, 0.4) is 0 Å². The van der Waals surface area contributed by atoms with Crippen LogP contribution in [0.1, 0.15) is 35.2 Å². The average molecular weight is 643 g/mol. The summed E-state index contributed by atoms with van der Waals surface area (Å²) < 4.78 is 6.36. The summed E-state index contributed by atoms with van der Waals surface area (Å²) in [6.07, 6.45) is 9.89. The van der Waals surface area contributed by atoms with Crippen LogP contribution in [-0.4, -0.2) is 95.7 Å². The van der Waals surface area contributed by atoms with Gasteiger partial charge < -0.3 is 29.2 Å². The number of nitrogens with zero attached hydrogens (tertiary/aromatic N) is 8. The number of hydrogen-bond acceptors (Lipinski definition) is 8. The molecule has 0 bridgehead atoms. The first-order valence-corrected chi connectivity index (χ1v) is 16.9. The lowest BCUT2D eigenvalue weighted by Crippen LogP contribution is -2.56. The predicted octanol–water partition coefficient (Wildman–Crippen LogP) is 5.02. The number of benzene rings is 2. The van der Waals surface area contributed by atoms with Gasteiger partial charge in [0.15, 0.2) is 0 Å². The Balaban J connectivity index is 1.18. The molecule has 2 fully saturated rings. The Morgan fingerprint density at radius 1 is 1.02 bits per heavy atom. The molecule has 0 aliphatic carbocycles. The van der Waals surface area contributed by atoms with Crippen LogP contribution in [0.4, 0.5) is 11.5 Å². The quantitative estimate of drug-likeness (QED) is 0.196. The van der Waals surface area contributed by atoms with Gasteiger partial charge in [-0.05, 0) is 80.6 Å². The molecule has 246 valence electrons. The molecule has 0 saturated carbocycles. The first kappa shape index (κ1) is 31.6. The second-order valence-electron chi connectivity index (χ2n) is 13.1. The van der Waals surface area contributed by atoms with Gasteiger partial charge in [-0.3, -0.25) is 9.78 Å². The van der Waals surface area contributed by atoms with E-state index in [4.69, 9.17) is 21.3 Å². The maximum Gasteiger partial charge on any atom is 0.318 e. The number of amides is 1. The maximum atomic E-state index is 13.4. The normalized spacial score (nSPS) is 19.9. The lowest BCUT2D eigenvalue weighted by atomic mass is 9.99. The number of fused-ring (bicyclic) bond motifs is 2. The molecule has 1 amide bonds.